The van der Waals surface area contributed by atoms with Crippen LogP contribution in [0.25, 0.3) is 0 Å². The third-order valence-electron chi connectivity index (χ3n) is 2.17. The molecule has 0 saturated heterocycles. The summed E-state index contributed by atoms with van der Waals surface area (Å²) in [5.41, 5.74) is 0.960. The lowest BCUT2D eigenvalue weighted by molar-refractivity contribution is -0.147. The van der Waals surface area contributed by atoms with E-state index in [2.05, 4.69) is 10.3 Å². The van der Waals surface area contributed by atoms with E-state index in [1.54, 1.807) is 11.3 Å². The highest BCUT2D eigenvalue weighted by molar-refractivity contribution is 7.99. The Balaban J connectivity index is 2.10. The molecule has 0 fully saturated rings. The summed E-state index contributed by atoms with van der Waals surface area (Å²) in [6.45, 7) is 2.09. The van der Waals surface area contributed by atoms with Crippen molar-refractivity contribution in [3.63, 3.8) is 0 Å². The molecule has 0 radical (unpaired) electrons. The molecule has 106 valence electrons. The highest BCUT2D eigenvalue weighted by atomic mass is 32.2. The number of hydrogen-bond acceptors (Lipinski definition) is 6. The Kier molecular flexibility index (Phi) is 6.82. The molecule has 3 N–H and O–H groups in total. The van der Waals surface area contributed by atoms with Crippen LogP contribution in [-0.4, -0.2) is 45.5 Å². The van der Waals surface area contributed by atoms with Crippen LogP contribution >= 0.6 is 23.1 Å². The largest absolute Gasteiger partial charge is 0.479 e. The van der Waals surface area contributed by atoms with Crippen LogP contribution in [0.5, 0.6) is 0 Å². The van der Waals surface area contributed by atoms with E-state index in [9.17, 15) is 9.59 Å². The first-order valence-electron chi connectivity index (χ1n) is 5.65. The van der Waals surface area contributed by atoms with E-state index in [0.717, 1.165) is 10.7 Å². The van der Waals surface area contributed by atoms with Crippen molar-refractivity contribution in [1.82, 2.24) is 10.3 Å². The number of carbonyl (C=O) groups excluding carboxylic acids is 1. The van der Waals surface area contributed by atoms with Crippen LogP contribution in [-0.2, 0) is 15.3 Å². The van der Waals surface area contributed by atoms with E-state index in [-0.39, 0.29) is 18.9 Å². The number of carboxylic acid groups (broad SMARTS) is 1. The first kappa shape index (κ1) is 15.9. The van der Waals surface area contributed by atoms with Crippen LogP contribution in [0.3, 0.4) is 0 Å². The number of aliphatic carboxylic acids is 1. The number of aliphatic hydroxyl groups is 1. The maximum absolute atomic E-state index is 11.4. The maximum atomic E-state index is 11.4. The summed E-state index contributed by atoms with van der Waals surface area (Å²) in [5.74, 6) is -0.480. The van der Waals surface area contributed by atoms with Gasteiger partial charge in [0, 0.05) is 24.1 Å². The summed E-state index contributed by atoms with van der Waals surface area (Å²) < 4.78 is 0. The average Bonchev–Trinajstić information content (AvgIpc) is 2.74. The van der Waals surface area contributed by atoms with Crippen molar-refractivity contribution < 1.29 is 19.8 Å². The van der Waals surface area contributed by atoms with Crippen LogP contribution < -0.4 is 5.32 Å². The number of aryl methyl sites for hydroxylation is 1. The van der Waals surface area contributed by atoms with Gasteiger partial charge in [0.05, 0.1) is 16.5 Å². The molecule has 1 atom stereocenters. The van der Waals surface area contributed by atoms with E-state index in [0.29, 0.717) is 11.5 Å². The number of hydrogen-bond donors (Lipinski definition) is 3. The molecule has 1 aromatic rings. The van der Waals surface area contributed by atoms with Crippen LogP contribution in [0.1, 0.15) is 17.1 Å². The lowest BCUT2D eigenvalue weighted by atomic mass is 10.2. The van der Waals surface area contributed by atoms with Crippen molar-refractivity contribution in [3.8, 4) is 0 Å². The van der Waals surface area contributed by atoms with Gasteiger partial charge in [0.2, 0.25) is 5.91 Å². The highest BCUT2D eigenvalue weighted by Crippen LogP contribution is 2.14. The second-order valence-corrected chi connectivity index (χ2v) is 5.89. The highest BCUT2D eigenvalue weighted by Gasteiger charge is 2.12. The molecule has 0 aliphatic heterocycles. The van der Waals surface area contributed by atoms with Crippen molar-refractivity contribution in [3.05, 3.63) is 16.1 Å². The first-order valence-corrected chi connectivity index (χ1v) is 7.69. The van der Waals surface area contributed by atoms with Crippen molar-refractivity contribution in [2.24, 2.45) is 0 Å². The number of aliphatic hydroxyl groups excluding tert-OH is 1. The lowest BCUT2D eigenvalue weighted by Crippen LogP contribution is -2.31. The van der Waals surface area contributed by atoms with Crippen LogP contribution in [0.2, 0.25) is 0 Å². The van der Waals surface area contributed by atoms with Gasteiger partial charge in [-0.2, -0.15) is 0 Å². The number of carbonyl (C=O) groups is 2. The predicted molar refractivity (Wildman–Crippen MR) is 74.3 cm³/mol. The molecule has 0 aliphatic carbocycles. The zero-order valence-electron chi connectivity index (χ0n) is 10.5. The molecule has 1 unspecified atom stereocenters. The monoisotopic (exact) mass is 304 g/mol. The van der Waals surface area contributed by atoms with Gasteiger partial charge in [-0.15, -0.1) is 23.1 Å². The number of thiazole rings is 1. The Morgan fingerprint density at radius 1 is 1.58 bits per heavy atom. The SMILES string of the molecule is Cc1nc(CSCC(=O)NCCC(O)C(=O)O)cs1. The fourth-order valence-corrected chi connectivity index (χ4v) is 2.71. The summed E-state index contributed by atoms with van der Waals surface area (Å²) in [6.07, 6.45) is -1.41. The molecule has 8 heteroatoms. The molecule has 0 spiro atoms. The standard InChI is InChI=1S/C11H16N2O4S2/c1-7-13-8(5-19-7)4-18-6-10(15)12-3-2-9(14)11(16)17/h5,9,14H,2-4,6H2,1H3,(H,12,15)(H,16,17). The van der Waals surface area contributed by atoms with E-state index in [4.69, 9.17) is 10.2 Å². The van der Waals surface area contributed by atoms with E-state index in [1.165, 1.54) is 11.8 Å². The minimum atomic E-state index is -1.43. The molecular formula is C11H16N2O4S2. The summed E-state index contributed by atoms with van der Waals surface area (Å²) in [7, 11) is 0. The Bertz CT molecular complexity index is 436. The second kappa shape index (κ2) is 8.13. The number of thioether (sulfide) groups is 1. The Labute approximate surface area is 119 Å². The van der Waals surface area contributed by atoms with Crippen molar-refractivity contribution in [2.45, 2.75) is 25.2 Å². The van der Waals surface area contributed by atoms with Gasteiger partial charge < -0.3 is 15.5 Å². The third kappa shape index (κ3) is 6.55. The molecule has 6 nitrogen and oxygen atoms in total. The number of aromatic nitrogens is 1. The Hall–Kier alpha value is -1.12. The van der Waals surface area contributed by atoms with E-state index >= 15 is 0 Å². The van der Waals surface area contributed by atoms with Gasteiger partial charge in [-0.25, -0.2) is 9.78 Å². The second-order valence-electron chi connectivity index (χ2n) is 3.84. The maximum Gasteiger partial charge on any atom is 0.332 e. The molecule has 1 heterocycles. The van der Waals surface area contributed by atoms with Gasteiger partial charge >= 0.3 is 5.97 Å². The van der Waals surface area contributed by atoms with Gasteiger partial charge in [0.15, 0.2) is 6.10 Å². The van der Waals surface area contributed by atoms with E-state index < -0.39 is 12.1 Å². The summed E-state index contributed by atoms with van der Waals surface area (Å²) in [5, 5.41) is 23.0. The van der Waals surface area contributed by atoms with Crippen molar-refractivity contribution in [2.75, 3.05) is 12.3 Å². The Morgan fingerprint density at radius 3 is 2.89 bits per heavy atom. The summed E-state index contributed by atoms with van der Waals surface area (Å²) >= 11 is 3.02. The first-order chi connectivity index (χ1) is 8.99. The smallest absolute Gasteiger partial charge is 0.332 e. The molecule has 0 bridgehead atoms. The molecule has 0 saturated carbocycles. The lowest BCUT2D eigenvalue weighted by Gasteiger charge is -2.06. The minimum absolute atomic E-state index is 0.0109. The van der Waals surface area contributed by atoms with Gasteiger partial charge in [-0.05, 0) is 6.92 Å². The average molecular weight is 304 g/mol. The fourth-order valence-electron chi connectivity index (χ4n) is 1.25. The molecule has 1 aromatic heterocycles. The number of rotatable bonds is 8. The zero-order chi connectivity index (χ0) is 14.3. The predicted octanol–water partition coefficient (Wildman–Crippen LogP) is 0.637. The fraction of sp³-hybridized carbons (Fsp3) is 0.545. The van der Waals surface area contributed by atoms with Crippen molar-refractivity contribution in [1.29, 1.82) is 0 Å². The normalized spacial score (nSPS) is 12.1. The van der Waals surface area contributed by atoms with Gasteiger partial charge in [-0.1, -0.05) is 0 Å². The number of amides is 1. The van der Waals surface area contributed by atoms with Gasteiger partial charge in [0.1, 0.15) is 0 Å². The third-order valence-corrected chi connectivity index (χ3v) is 3.96. The molecule has 0 aromatic carbocycles. The molecule has 1 rings (SSSR count). The van der Waals surface area contributed by atoms with Crippen LogP contribution in [0.4, 0.5) is 0 Å². The van der Waals surface area contributed by atoms with Crippen molar-refractivity contribution >= 4 is 35.0 Å². The van der Waals surface area contributed by atoms with E-state index in [1.807, 2.05) is 12.3 Å². The quantitative estimate of drug-likeness (QED) is 0.651. The zero-order valence-corrected chi connectivity index (χ0v) is 12.1. The molecule has 0 aliphatic rings. The molecule has 1 amide bonds. The van der Waals surface area contributed by atoms with Gasteiger partial charge in [-0.3, -0.25) is 4.79 Å². The topological polar surface area (TPSA) is 99.5 Å². The minimum Gasteiger partial charge on any atom is -0.479 e. The van der Waals surface area contributed by atoms with Crippen LogP contribution in [0.15, 0.2) is 5.38 Å². The van der Waals surface area contributed by atoms with Gasteiger partial charge in [0.25, 0.3) is 0 Å². The molecule has 19 heavy (non-hydrogen) atoms. The number of carboxylic acids is 1. The number of nitrogens with zero attached hydrogens (tertiary/aromatic N) is 1. The number of nitrogens with one attached hydrogen (secondary N) is 1. The summed E-state index contributed by atoms with van der Waals surface area (Å²) in [6, 6.07) is 0. The van der Waals surface area contributed by atoms with Crippen LogP contribution in [0, 0.1) is 6.92 Å². The Morgan fingerprint density at radius 2 is 2.32 bits per heavy atom. The summed E-state index contributed by atoms with van der Waals surface area (Å²) in [4.78, 5) is 26.0. The molecular weight excluding hydrogens is 288 g/mol.